The first-order chi connectivity index (χ1) is 9.40. The van der Waals surface area contributed by atoms with E-state index in [2.05, 4.69) is 5.32 Å². The lowest BCUT2D eigenvalue weighted by Crippen LogP contribution is -2.21. The van der Waals surface area contributed by atoms with E-state index in [0.717, 1.165) is 11.4 Å². The maximum Gasteiger partial charge on any atom is 0.339 e. The second kappa shape index (κ2) is 5.08. The van der Waals surface area contributed by atoms with Gasteiger partial charge < -0.3 is 15.5 Å². The minimum Gasteiger partial charge on any atom is -0.507 e. The number of benzene rings is 1. The quantitative estimate of drug-likeness (QED) is 0.734. The summed E-state index contributed by atoms with van der Waals surface area (Å²) in [4.78, 5) is 23.0. The molecule has 1 heterocycles. The number of phenols is 1. The summed E-state index contributed by atoms with van der Waals surface area (Å²) in [7, 11) is 0. The van der Waals surface area contributed by atoms with Gasteiger partial charge in [0.25, 0.3) is 0 Å². The molecule has 0 saturated carbocycles. The molecule has 0 saturated heterocycles. The molecule has 1 amide bonds. The van der Waals surface area contributed by atoms with Gasteiger partial charge in [0, 0.05) is 17.1 Å². The van der Waals surface area contributed by atoms with Crippen LogP contribution in [0.5, 0.6) is 5.75 Å². The van der Waals surface area contributed by atoms with Gasteiger partial charge in [-0.2, -0.15) is 0 Å². The van der Waals surface area contributed by atoms with Crippen molar-refractivity contribution in [2.24, 2.45) is 0 Å². The minimum absolute atomic E-state index is 0.260. The zero-order valence-electron chi connectivity index (χ0n) is 11.0. The number of aryl methyl sites for hydroxylation is 2. The second-order valence-electron chi connectivity index (χ2n) is 4.42. The van der Waals surface area contributed by atoms with Crippen LogP contribution in [0.25, 0.3) is 0 Å². The van der Waals surface area contributed by atoms with Gasteiger partial charge in [0.15, 0.2) is 0 Å². The van der Waals surface area contributed by atoms with E-state index in [1.54, 1.807) is 13.8 Å². The Labute approximate surface area is 115 Å². The van der Waals surface area contributed by atoms with E-state index in [1.807, 2.05) is 12.1 Å². The number of carbonyl (C=O) groups excluding carboxylic acids is 1. The van der Waals surface area contributed by atoms with Crippen molar-refractivity contribution >= 4 is 17.7 Å². The van der Waals surface area contributed by atoms with Gasteiger partial charge in [0.1, 0.15) is 11.3 Å². The van der Waals surface area contributed by atoms with Crippen molar-refractivity contribution in [1.82, 2.24) is 4.57 Å². The molecule has 0 aliphatic carbocycles. The number of rotatable bonds is 2. The van der Waals surface area contributed by atoms with Crippen molar-refractivity contribution in [2.75, 3.05) is 5.32 Å². The Morgan fingerprint density at radius 3 is 2.25 bits per heavy atom. The van der Waals surface area contributed by atoms with Crippen LogP contribution in [0.4, 0.5) is 10.5 Å². The molecule has 0 aliphatic rings. The fourth-order valence-corrected chi connectivity index (χ4v) is 1.95. The van der Waals surface area contributed by atoms with Gasteiger partial charge in [0.2, 0.25) is 0 Å². The number of carboxylic acids is 1. The number of nitrogens with one attached hydrogen (secondary N) is 1. The Morgan fingerprint density at radius 2 is 1.70 bits per heavy atom. The summed E-state index contributed by atoms with van der Waals surface area (Å²) in [6, 6.07) is 7.13. The number of nitrogens with zero attached hydrogens (tertiary/aromatic N) is 1. The van der Waals surface area contributed by atoms with Crippen LogP contribution < -0.4 is 5.32 Å². The van der Waals surface area contributed by atoms with E-state index in [9.17, 15) is 14.7 Å². The summed E-state index contributed by atoms with van der Waals surface area (Å²) < 4.78 is 1.48. The molecule has 1 aromatic carbocycles. The molecule has 20 heavy (non-hydrogen) atoms. The van der Waals surface area contributed by atoms with Crippen molar-refractivity contribution in [3.05, 3.63) is 47.3 Å². The lowest BCUT2D eigenvalue weighted by Gasteiger charge is -2.10. The largest absolute Gasteiger partial charge is 0.507 e. The summed E-state index contributed by atoms with van der Waals surface area (Å²) in [6.45, 7) is 3.60. The molecule has 6 heteroatoms. The van der Waals surface area contributed by atoms with Crippen molar-refractivity contribution in [3.63, 3.8) is 0 Å². The highest BCUT2D eigenvalue weighted by molar-refractivity contribution is 5.96. The maximum absolute atomic E-state index is 12.1. The number of anilines is 1. The number of carbonyl (C=O) groups is 2. The van der Waals surface area contributed by atoms with Crippen molar-refractivity contribution in [2.45, 2.75) is 13.8 Å². The zero-order chi connectivity index (χ0) is 14.9. The highest BCUT2D eigenvalue weighted by Crippen LogP contribution is 2.21. The predicted octanol–water partition coefficient (Wildman–Crippen LogP) is 2.59. The SMILES string of the molecule is Cc1ccc(C)n1C(=O)Nc1ccc(O)c(C(=O)O)c1. The summed E-state index contributed by atoms with van der Waals surface area (Å²) in [5.41, 5.74) is 1.59. The third-order valence-corrected chi connectivity index (χ3v) is 2.95. The van der Waals surface area contributed by atoms with Crippen molar-refractivity contribution in [1.29, 1.82) is 0 Å². The van der Waals surface area contributed by atoms with E-state index in [4.69, 9.17) is 5.11 Å². The first kappa shape index (κ1) is 13.7. The normalized spacial score (nSPS) is 10.3. The summed E-state index contributed by atoms with van der Waals surface area (Å²) >= 11 is 0. The van der Waals surface area contributed by atoms with E-state index in [0.29, 0.717) is 5.69 Å². The van der Waals surface area contributed by atoms with Gasteiger partial charge >= 0.3 is 12.0 Å². The Kier molecular flexibility index (Phi) is 3.47. The van der Waals surface area contributed by atoms with Crippen molar-refractivity contribution in [3.8, 4) is 5.75 Å². The molecule has 104 valence electrons. The summed E-state index contributed by atoms with van der Waals surface area (Å²) in [5, 5.41) is 20.9. The fourth-order valence-electron chi connectivity index (χ4n) is 1.95. The first-order valence-corrected chi connectivity index (χ1v) is 5.92. The number of aromatic hydroxyl groups is 1. The Hall–Kier alpha value is -2.76. The smallest absolute Gasteiger partial charge is 0.339 e. The van der Waals surface area contributed by atoms with Gasteiger partial charge in [-0.15, -0.1) is 0 Å². The van der Waals surface area contributed by atoms with Crippen LogP contribution >= 0.6 is 0 Å². The first-order valence-electron chi connectivity index (χ1n) is 5.92. The predicted molar refractivity (Wildman–Crippen MR) is 73.4 cm³/mol. The topological polar surface area (TPSA) is 91.6 Å². The van der Waals surface area contributed by atoms with Crippen LogP contribution in [0, 0.1) is 13.8 Å². The van der Waals surface area contributed by atoms with Crippen LogP contribution in [0.15, 0.2) is 30.3 Å². The van der Waals surface area contributed by atoms with Crippen LogP contribution in [0.1, 0.15) is 21.7 Å². The molecule has 3 N–H and O–H groups in total. The van der Waals surface area contributed by atoms with Gasteiger partial charge in [-0.25, -0.2) is 9.59 Å². The van der Waals surface area contributed by atoms with Crippen LogP contribution in [-0.2, 0) is 0 Å². The molecular formula is C14H14N2O4. The Morgan fingerprint density at radius 1 is 1.10 bits per heavy atom. The molecule has 1 aromatic heterocycles. The molecule has 6 nitrogen and oxygen atoms in total. The monoisotopic (exact) mass is 274 g/mol. The fraction of sp³-hybridized carbons (Fsp3) is 0.143. The minimum atomic E-state index is -1.26. The molecule has 0 spiro atoms. The third kappa shape index (κ3) is 2.49. The number of aromatic nitrogens is 1. The molecule has 2 rings (SSSR count). The van der Waals surface area contributed by atoms with E-state index < -0.39 is 5.97 Å². The van der Waals surface area contributed by atoms with Crippen LogP contribution in [-0.4, -0.2) is 26.8 Å². The Bertz CT molecular complexity index is 669. The van der Waals surface area contributed by atoms with Gasteiger partial charge in [-0.1, -0.05) is 0 Å². The highest BCUT2D eigenvalue weighted by Gasteiger charge is 2.13. The average molecular weight is 274 g/mol. The third-order valence-electron chi connectivity index (χ3n) is 2.95. The number of amides is 1. The molecule has 0 radical (unpaired) electrons. The molecule has 0 atom stereocenters. The van der Waals surface area contributed by atoms with Gasteiger partial charge in [0.05, 0.1) is 0 Å². The second-order valence-corrected chi connectivity index (χ2v) is 4.42. The van der Waals surface area contributed by atoms with E-state index in [-0.39, 0.29) is 17.3 Å². The van der Waals surface area contributed by atoms with E-state index >= 15 is 0 Å². The number of hydrogen-bond acceptors (Lipinski definition) is 3. The maximum atomic E-state index is 12.1. The van der Waals surface area contributed by atoms with Gasteiger partial charge in [-0.05, 0) is 44.2 Å². The number of carboxylic acid groups (broad SMARTS) is 1. The van der Waals surface area contributed by atoms with Gasteiger partial charge in [-0.3, -0.25) is 4.57 Å². The molecule has 0 aliphatic heterocycles. The lowest BCUT2D eigenvalue weighted by atomic mass is 10.2. The highest BCUT2D eigenvalue weighted by atomic mass is 16.4. The number of aromatic carboxylic acids is 1. The zero-order valence-corrected chi connectivity index (χ0v) is 11.0. The van der Waals surface area contributed by atoms with E-state index in [1.165, 1.54) is 22.8 Å². The number of hydrogen-bond donors (Lipinski definition) is 3. The molecule has 0 bridgehead atoms. The summed E-state index contributed by atoms with van der Waals surface area (Å²) in [5.74, 6) is -1.60. The van der Waals surface area contributed by atoms with Crippen LogP contribution in [0.3, 0.4) is 0 Å². The average Bonchev–Trinajstić information content (AvgIpc) is 2.71. The standard InChI is InChI=1S/C14H14N2O4/c1-8-3-4-9(2)16(8)14(20)15-10-5-6-12(17)11(7-10)13(18)19/h3-7,17H,1-2H3,(H,15,20)(H,18,19). The molecule has 0 unspecified atom stereocenters. The van der Waals surface area contributed by atoms with Crippen LogP contribution in [0.2, 0.25) is 0 Å². The Balaban J connectivity index is 2.29. The lowest BCUT2D eigenvalue weighted by molar-refractivity contribution is 0.0693. The molecule has 0 fully saturated rings. The molecule has 2 aromatic rings. The summed E-state index contributed by atoms with van der Waals surface area (Å²) in [6.07, 6.45) is 0. The van der Waals surface area contributed by atoms with Crippen molar-refractivity contribution < 1.29 is 19.8 Å². The molecular weight excluding hydrogens is 260 g/mol.